The molecule has 0 saturated heterocycles. The molecule has 26 heavy (non-hydrogen) atoms. The van der Waals surface area contributed by atoms with E-state index in [0.29, 0.717) is 6.54 Å². The fourth-order valence-electron chi connectivity index (χ4n) is 2.58. The second kappa shape index (κ2) is 7.31. The van der Waals surface area contributed by atoms with Gasteiger partial charge in [-0.1, -0.05) is 12.1 Å². The van der Waals surface area contributed by atoms with Crippen molar-refractivity contribution in [2.45, 2.75) is 13.0 Å². The number of aromatic nitrogens is 3. The van der Waals surface area contributed by atoms with Crippen molar-refractivity contribution in [2.24, 2.45) is 0 Å². The Morgan fingerprint density at radius 3 is 2.85 bits per heavy atom. The summed E-state index contributed by atoms with van der Waals surface area (Å²) in [4.78, 5) is 27.5. The first kappa shape index (κ1) is 16.8. The van der Waals surface area contributed by atoms with E-state index in [4.69, 9.17) is 0 Å². The van der Waals surface area contributed by atoms with E-state index in [9.17, 15) is 4.79 Å². The normalized spacial score (nSPS) is 11.0. The lowest BCUT2D eigenvalue weighted by Gasteiger charge is -2.14. The summed E-state index contributed by atoms with van der Waals surface area (Å²) < 4.78 is 1.14. The number of hydrogen-bond acceptors (Lipinski definition) is 6. The van der Waals surface area contributed by atoms with Gasteiger partial charge in [0.15, 0.2) is 0 Å². The van der Waals surface area contributed by atoms with E-state index >= 15 is 0 Å². The van der Waals surface area contributed by atoms with Gasteiger partial charge in [0.25, 0.3) is 0 Å². The zero-order valence-corrected chi connectivity index (χ0v) is 15.8. The van der Waals surface area contributed by atoms with Gasteiger partial charge in [-0.2, -0.15) is 0 Å². The lowest BCUT2D eigenvalue weighted by molar-refractivity contribution is -0.129. The van der Waals surface area contributed by atoms with Gasteiger partial charge in [-0.25, -0.2) is 9.97 Å². The Kier molecular flexibility index (Phi) is 4.73. The number of fused-ring (bicyclic) bond motifs is 1. The van der Waals surface area contributed by atoms with Crippen LogP contribution in [0.2, 0.25) is 0 Å². The fraction of sp³-hybridized carbons (Fsp3) is 0.158. The number of hydrogen-bond donors (Lipinski definition) is 0. The van der Waals surface area contributed by atoms with Gasteiger partial charge in [0, 0.05) is 30.4 Å². The van der Waals surface area contributed by atoms with Gasteiger partial charge in [0.1, 0.15) is 10.0 Å². The van der Waals surface area contributed by atoms with Gasteiger partial charge < -0.3 is 4.90 Å². The second-order valence-corrected chi connectivity index (χ2v) is 7.86. The molecular weight excluding hydrogens is 364 g/mol. The molecule has 3 heterocycles. The zero-order valence-electron chi connectivity index (χ0n) is 14.1. The Morgan fingerprint density at radius 2 is 2.04 bits per heavy atom. The van der Waals surface area contributed by atoms with Crippen LogP contribution in [0.25, 0.3) is 20.8 Å². The highest BCUT2D eigenvalue weighted by Crippen LogP contribution is 2.24. The number of likely N-dealkylation sites (N-methyl/N-ethyl adjacent to an activating group) is 1. The standard InChI is InChI=1S/C19H16N4OS2/c1-23(11-17-22-15-6-2-3-7-16(15)26-17)18(24)9-14-12-25-19(21-14)13-5-4-8-20-10-13/h2-8,10,12H,9,11H2,1H3. The quantitative estimate of drug-likeness (QED) is 0.525. The van der Waals surface area contributed by atoms with E-state index < -0.39 is 0 Å². The summed E-state index contributed by atoms with van der Waals surface area (Å²) in [6.07, 6.45) is 3.81. The smallest absolute Gasteiger partial charge is 0.228 e. The molecule has 0 N–H and O–H groups in total. The van der Waals surface area contributed by atoms with Crippen molar-refractivity contribution in [1.29, 1.82) is 0 Å². The molecule has 7 heteroatoms. The number of amides is 1. The molecule has 0 saturated carbocycles. The molecule has 4 aromatic rings. The summed E-state index contributed by atoms with van der Waals surface area (Å²) in [6.45, 7) is 0.512. The molecule has 0 aliphatic rings. The highest BCUT2D eigenvalue weighted by molar-refractivity contribution is 7.18. The van der Waals surface area contributed by atoms with Crippen molar-refractivity contribution >= 4 is 38.8 Å². The molecule has 1 amide bonds. The van der Waals surface area contributed by atoms with Crippen LogP contribution in [0.1, 0.15) is 10.7 Å². The van der Waals surface area contributed by atoms with E-state index in [2.05, 4.69) is 15.0 Å². The van der Waals surface area contributed by atoms with Crippen LogP contribution in [0, 0.1) is 0 Å². The first-order chi connectivity index (χ1) is 12.7. The van der Waals surface area contributed by atoms with E-state index in [1.165, 1.54) is 11.3 Å². The van der Waals surface area contributed by atoms with Gasteiger partial charge >= 0.3 is 0 Å². The second-order valence-electron chi connectivity index (χ2n) is 5.89. The monoisotopic (exact) mass is 380 g/mol. The third-order valence-electron chi connectivity index (χ3n) is 3.93. The van der Waals surface area contributed by atoms with Crippen LogP contribution in [0.3, 0.4) is 0 Å². The first-order valence-corrected chi connectivity index (χ1v) is 9.82. The van der Waals surface area contributed by atoms with Gasteiger partial charge in [-0.3, -0.25) is 9.78 Å². The summed E-state index contributed by atoms with van der Waals surface area (Å²) in [5, 5.41) is 3.76. The van der Waals surface area contributed by atoms with Crippen molar-refractivity contribution in [1.82, 2.24) is 19.9 Å². The number of para-hydroxylation sites is 1. The van der Waals surface area contributed by atoms with Gasteiger partial charge in [-0.15, -0.1) is 22.7 Å². The molecular formula is C19H16N4OS2. The summed E-state index contributed by atoms with van der Waals surface area (Å²) in [5.41, 5.74) is 2.74. The average Bonchev–Trinajstić information content (AvgIpc) is 3.28. The van der Waals surface area contributed by atoms with Crippen LogP contribution >= 0.6 is 22.7 Å². The first-order valence-electron chi connectivity index (χ1n) is 8.12. The molecule has 0 aliphatic carbocycles. The molecule has 5 nitrogen and oxygen atoms in total. The van der Waals surface area contributed by atoms with Crippen molar-refractivity contribution < 1.29 is 4.79 Å². The van der Waals surface area contributed by atoms with E-state index in [-0.39, 0.29) is 12.3 Å². The van der Waals surface area contributed by atoms with Crippen LogP contribution in [-0.4, -0.2) is 32.8 Å². The predicted octanol–water partition coefficient (Wildman–Crippen LogP) is 4.02. The van der Waals surface area contributed by atoms with Gasteiger partial charge in [0.05, 0.1) is 28.9 Å². The number of nitrogens with zero attached hydrogens (tertiary/aromatic N) is 4. The van der Waals surface area contributed by atoms with E-state index in [0.717, 1.165) is 31.5 Å². The van der Waals surface area contributed by atoms with Crippen molar-refractivity contribution in [3.63, 3.8) is 0 Å². The molecule has 0 unspecified atom stereocenters. The molecule has 0 bridgehead atoms. The highest BCUT2D eigenvalue weighted by atomic mass is 32.1. The number of carbonyl (C=O) groups excluding carboxylic acids is 1. The lowest BCUT2D eigenvalue weighted by Crippen LogP contribution is -2.27. The number of pyridine rings is 1. The fourth-order valence-corrected chi connectivity index (χ4v) is 4.41. The van der Waals surface area contributed by atoms with Gasteiger partial charge in [0.2, 0.25) is 5.91 Å². The average molecular weight is 380 g/mol. The highest BCUT2D eigenvalue weighted by Gasteiger charge is 2.15. The number of benzene rings is 1. The number of thiazole rings is 2. The van der Waals surface area contributed by atoms with Crippen molar-refractivity contribution in [3.05, 3.63) is 64.9 Å². The minimum absolute atomic E-state index is 0.0345. The number of rotatable bonds is 5. The number of carbonyl (C=O) groups is 1. The molecule has 0 atom stereocenters. The minimum Gasteiger partial charge on any atom is -0.339 e. The van der Waals surface area contributed by atoms with Gasteiger partial charge in [-0.05, 0) is 24.3 Å². The summed E-state index contributed by atoms with van der Waals surface area (Å²) in [6, 6.07) is 11.9. The largest absolute Gasteiger partial charge is 0.339 e. The maximum Gasteiger partial charge on any atom is 0.228 e. The Bertz CT molecular complexity index is 1010. The predicted molar refractivity (Wildman–Crippen MR) is 105 cm³/mol. The van der Waals surface area contributed by atoms with Crippen LogP contribution in [0.5, 0.6) is 0 Å². The lowest BCUT2D eigenvalue weighted by atomic mass is 10.3. The summed E-state index contributed by atoms with van der Waals surface area (Å²) in [7, 11) is 1.81. The SMILES string of the molecule is CN(Cc1nc2ccccc2s1)C(=O)Cc1csc(-c2cccnc2)n1. The minimum atomic E-state index is 0.0345. The van der Waals surface area contributed by atoms with Crippen LogP contribution in [0.4, 0.5) is 0 Å². The summed E-state index contributed by atoms with van der Waals surface area (Å²) >= 11 is 3.16. The Morgan fingerprint density at radius 1 is 1.15 bits per heavy atom. The van der Waals surface area contributed by atoms with Crippen LogP contribution < -0.4 is 0 Å². The van der Waals surface area contributed by atoms with E-state index in [1.807, 2.05) is 48.8 Å². The molecule has 0 spiro atoms. The molecule has 3 aromatic heterocycles. The Balaban J connectivity index is 1.42. The molecule has 0 fully saturated rings. The maximum atomic E-state index is 12.5. The summed E-state index contributed by atoms with van der Waals surface area (Å²) in [5.74, 6) is 0.0345. The maximum absolute atomic E-state index is 12.5. The van der Waals surface area contributed by atoms with E-state index in [1.54, 1.807) is 28.6 Å². The topological polar surface area (TPSA) is 59.0 Å². The van der Waals surface area contributed by atoms with Crippen LogP contribution in [0.15, 0.2) is 54.2 Å². The third-order valence-corrected chi connectivity index (χ3v) is 5.89. The van der Waals surface area contributed by atoms with Crippen molar-refractivity contribution in [3.8, 4) is 10.6 Å². The molecule has 0 aliphatic heterocycles. The molecule has 1 aromatic carbocycles. The molecule has 4 rings (SSSR count). The van der Waals surface area contributed by atoms with Crippen molar-refractivity contribution in [2.75, 3.05) is 7.05 Å². The third kappa shape index (κ3) is 3.63. The zero-order chi connectivity index (χ0) is 17.9. The molecule has 0 radical (unpaired) electrons. The molecule has 130 valence electrons. The Hall–Kier alpha value is -2.64. The Labute approximate surface area is 159 Å². The van der Waals surface area contributed by atoms with Crippen LogP contribution in [-0.2, 0) is 17.8 Å².